The van der Waals surface area contributed by atoms with E-state index in [1.807, 2.05) is 42.5 Å². The lowest BCUT2D eigenvalue weighted by atomic mass is 10.0. The lowest BCUT2D eigenvalue weighted by Crippen LogP contribution is -2.36. The van der Waals surface area contributed by atoms with Crippen LogP contribution >= 0.6 is 0 Å². The molecule has 3 aromatic carbocycles. The topological polar surface area (TPSA) is 48.0 Å². The molecule has 0 spiro atoms. The molecule has 1 aliphatic rings. The predicted molar refractivity (Wildman–Crippen MR) is 136 cm³/mol. The fourth-order valence-electron chi connectivity index (χ4n) is 4.46. The number of carbonyl (C=O) groups excluding carboxylic acids is 1. The molecule has 1 saturated heterocycles. The van der Waals surface area contributed by atoms with Crippen molar-refractivity contribution in [2.45, 2.75) is 57.7 Å². The third kappa shape index (κ3) is 8.62. The summed E-state index contributed by atoms with van der Waals surface area (Å²) in [7, 11) is 0. The summed E-state index contributed by atoms with van der Waals surface area (Å²) in [5.41, 5.74) is 3.52. The summed E-state index contributed by atoms with van der Waals surface area (Å²) in [6, 6.07) is 31.0. The van der Waals surface area contributed by atoms with Gasteiger partial charge in [-0.15, -0.1) is 0 Å². The molecule has 5 nitrogen and oxygen atoms in total. The van der Waals surface area contributed by atoms with Crippen molar-refractivity contribution in [2.75, 3.05) is 13.2 Å². The van der Waals surface area contributed by atoms with E-state index in [4.69, 9.17) is 14.2 Å². The van der Waals surface area contributed by atoms with Crippen LogP contribution < -0.4 is 0 Å². The molecule has 0 unspecified atom stereocenters. The van der Waals surface area contributed by atoms with Gasteiger partial charge in [-0.3, -0.25) is 9.69 Å². The van der Waals surface area contributed by atoms with Gasteiger partial charge in [0.1, 0.15) is 6.61 Å². The van der Waals surface area contributed by atoms with Gasteiger partial charge in [-0.2, -0.15) is 0 Å². The van der Waals surface area contributed by atoms with Gasteiger partial charge < -0.3 is 14.2 Å². The quantitative estimate of drug-likeness (QED) is 0.297. The summed E-state index contributed by atoms with van der Waals surface area (Å²) in [5, 5.41) is 0. The Morgan fingerprint density at radius 2 is 1.29 bits per heavy atom. The maximum atomic E-state index is 12.6. The molecular weight excluding hydrogens is 438 g/mol. The average molecular weight is 474 g/mol. The molecule has 0 aromatic heterocycles. The Bertz CT molecular complexity index is 949. The van der Waals surface area contributed by atoms with E-state index in [0.717, 1.165) is 37.9 Å². The van der Waals surface area contributed by atoms with Crippen LogP contribution in [-0.4, -0.2) is 36.4 Å². The largest absolute Gasteiger partial charge is 0.461 e. The van der Waals surface area contributed by atoms with Gasteiger partial charge in [0.05, 0.1) is 13.2 Å². The normalized spacial score (nSPS) is 14.8. The second-order valence-electron chi connectivity index (χ2n) is 8.96. The molecule has 35 heavy (non-hydrogen) atoms. The Morgan fingerprint density at radius 3 is 1.83 bits per heavy atom. The third-order valence-corrected chi connectivity index (χ3v) is 6.32. The Balaban J connectivity index is 1.43. The van der Waals surface area contributed by atoms with Gasteiger partial charge in [-0.05, 0) is 36.0 Å². The average Bonchev–Trinajstić information content (AvgIpc) is 3.43. The highest BCUT2D eigenvalue weighted by atomic mass is 16.7. The van der Waals surface area contributed by atoms with Crippen LogP contribution in [0, 0.1) is 0 Å². The molecule has 1 fully saturated rings. The predicted octanol–water partition coefficient (Wildman–Crippen LogP) is 5.73. The number of hydrogen-bond acceptors (Lipinski definition) is 5. The summed E-state index contributed by atoms with van der Waals surface area (Å²) in [4.78, 5) is 15.1. The second kappa shape index (κ2) is 13.8. The van der Waals surface area contributed by atoms with Gasteiger partial charge in [-0.1, -0.05) is 91.0 Å². The van der Waals surface area contributed by atoms with Crippen molar-refractivity contribution >= 4 is 5.97 Å². The smallest absolute Gasteiger partial charge is 0.306 e. The minimum absolute atomic E-state index is 0.155. The van der Waals surface area contributed by atoms with Gasteiger partial charge in [0.2, 0.25) is 0 Å². The minimum Gasteiger partial charge on any atom is -0.461 e. The molecule has 0 aliphatic carbocycles. The van der Waals surface area contributed by atoms with Crippen LogP contribution in [0.25, 0.3) is 0 Å². The number of nitrogens with zero attached hydrogens (tertiary/aromatic N) is 1. The van der Waals surface area contributed by atoms with Crippen molar-refractivity contribution in [3.8, 4) is 0 Å². The van der Waals surface area contributed by atoms with Crippen molar-refractivity contribution < 1.29 is 19.0 Å². The van der Waals surface area contributed by atoms with E-state index in [1.165, 1.54) is 11.1 Å². The highest BCUT2D eigenvalue weighted by molar-refractivity contribution is 5.69. The number of esters is 1. The highest BCUT2D eigenvalue weighted by Gasteiger charge is 2.24. The fourth-order valence-corrected chi connectivity index (χ4v) is 4.46. The Labute approximate surface area is 208 Å². The zero-order valence-corrected chi connectivity index (χ0v) is 20.3. The molecule has 1 atom stereocenters. The van der Waals surface area contributed by atoms with Gasteiger partial charge in [-0.25, -0.2) is 0 Å². The first kappa shape index (κ1) is 25.1. The first-order valence-electron chi connectivity index (χ1n) is 12.5. The van der Waals surface area contributed by atoms with Crippen molar-refractivity contribution in [3.63, 3.8) is 0 Å². The molecular formula is C30H35NO4. The van der Waals surface area contributed by atoms with Gasteiger partial charge >= 0.3 is 5.97 Å². The molecule has 184 valence electrons. The Hall–Kier alpha value is -2.99. The highest BCUT2D eigenvalue weighted by Crippen LogP contribution is 2.23. The van der Waals surface area contributed by atoms with Crippen LogP contribution in [0.4, 0.5) is 0 Å². The summed E-state index contributed by atoms with van der Waals surface area (Å²) < 4.78 is 17.0. The summed E-state index contributed by atoms with van der Waals surface area (Å²) in [6.45, 7) is 3.24. The van der Waals surface area contributed by atoms with E-state index in [2.05, 4.69) is 53.4 Å². The van der Waals surface area contributed by atoms with Crippen molar-refractivity contribution in [2.24, 2.45) is 0 Å². The molecule has 0 N–H and O–H groups in total. The maximum absolute atomic E-state index is 12.6. The SMILES string of the molecule is O=C(CC[C@H](CCC1OCCO1)N(Cc1ccccc1)Cc1ccccc1)OCc1ccccc1. The van der Waals surface area contributed by atoms with E-state index < -0.39 is 0 Å². The van der Waals surface area contributed by atoms with Gasteiger partial charge in [0, 0.05) is 25.6 Å². The third-order valence-electron chi connectivity index (χ3n) is 6.32. The zero-order valence-electron chi connectivity index (χ0n) is 20.3. The summed E-state index contributed by atoms with van der Waals surface area (Å²) in [5.74, 6) is -0.161. The number of benzene rings is 3. The van der Waals surface area contributed by atoms with Crippen LogP contribution in [0.3, 0.4) is 0 Å². The van der Waals surface area contributed by atoms with E-state index >= 15 is 0 Å². The molecule has 0 saturated carbocycles. The molecule has 4 rings (SSSR count). The molecule has 1 heterocycles. The van der Waals surface area contributed by atoms with Crippen LogP contribution in [-0.2, 0) is 38.7 Å². The lowest BCUT2D eigenvalue weighted by molar-refractivity contribution is -0.145. The number of rotatable bonds is 13. The van der Waals surface area contributed by atoms with E-state index in [9.17, 15) is 4.79 Å². The standard InChI is InChI=1S/C30H35NO4/c32-29(35-24-27-14-8-3-9-15-27)18-16-28(17-19-30-33-20-21-34-30)31(22-25-10-4-1-5-11-25)23-26-12-6-2-7-13-26/h1-15,28,30H,16-24H2/t28-/m1/s1. The molecule has 0 bridgehead atoms. The molecule has 5 heteroatoms. The first-order valence-corrected chi connectivity index (χ1v) is 12.5. The monoisotopic (exact) mass is 473 g/mol. The number of hydrogen-bond donors (Lipinski definition) is 0. The Kier molecular flexibility index (Phi) is 9.89. The fraction of sp³-hybridized carbons (Fsp3) is 0.367. The second-order valence-corrected chi connectivity index (χ2v) is 8.96. The summed E-state index contributed by atoms with van der Waals surface area (Å²) >= 11 is 0. The van der Waals surface area contributed by atoms with Crippen LogP contribution in [0.5, 0.6) is 0 Å². The minimum atomic E-state index is -0.161. The van der Waals surface area contributed by atoms with E-state index in [0.29, 0.717) is 26.2 Å². The first-order chi connectivity index (χ1) is 17.3. The van der Waals surface area contributed by atoms with Crippen LogP contribution in [0.2, 0.25) is 0 Å². The van der Waals surface area contributed by atoms with Crippen molar-refractivity contribution in [3.05, 3.63) is 108 Å². The number of ether oxygens (including phenoxy) is 3. The van der Waals surface area contributed by atoms with Crippen molar-refractivity contribution in [1.29, 1.82) is 0 Å². The summed E-state index contributed by atoms with van der Waals surface area (Å²) in [6.07, 6.45) is 2.64. The molecule has 1 aliphatic heterocycles. The maximum Gasteiger partial charge on any atom is 0.306 e. The van der Waals surface area contributed by atoms with Crippen molar-refractivity contribution in [1.82, 2.24) is 4.90 Å². The Morgan fingerprint density at radius 1 is 0.771 bits per heavy atom. The van der Waals surface area contributed by atoms with Crippen LogP contribution in [0.15, 0.2) is 91.0 Å². The zero-order chi connectivity index (χ0) is 24.1. The van der Waals surface area contributed by atoms with E-state index in [-0.39, 0.29) is 18.3 Å². The molecule has 0 radical (unpaired) electrons. The molecule has 0 amide bonds. The lowest BCUT2D eigenvalue weighted by Gasteiger charge is -2.32. The molecule has 3 aromatic rings. The van der Waals surface area contributed by atoms with E-state index in [1.54, 1.807) is 0 Å². The van der Waals surface area contributed by atoms with Gasteiger partial charge in [0.15, 0.2) is 6.29 Å². The van der Waals surface area contributed by atoms with Gasteiger partial charge in [0.25, 0.3) is 0 Å². The number of carbonyl (C=O) groups is 1. The van der Waals surface area contributed by atoms with Crippen LogP contribution in [0.1, 0.15) is 42.4 Å².